The lowest BCUT2D eigenvalue weighted by molar-refractivity contribution is -0.250. The van der Waals surface area contributed by atoms with Crippen LogP contribution in [0.3, 0.4) is 0 Å². The van der Waals surface area contributed by atoms with Crippen LogP contribution in [0.15, 0.2) is 0 Å². The summed E-state index contributed by atoms with van der Waals surface area (Å²) < 4.78 is 0. The molecule has 0 saturated carbocycles. The van der Waals surface area contributed by atoms with E-state index >= 15 is 0 Å². The van der Waals surface area contributed by atoms with Crippen molar-refractivity contribution in [2.75, 3.05) is 29.4 Å². The summed E-state index contributed by atoms with van der Waals surface area (Å²) >= 11 is 26.5. The first-order valence-corrected chi connectivity index (χ1v) is 10.8. The van der Waals surface area contributed by atoms with Crippen LogP contribution in [0.5, 0.6) is 0 Å². The van der Waals surface area contributed by atoms with E-state index in [4.69, 9.17) is 58.0 Å². The Balaban J connectivity index is 7.64. The number of carbonyl (C=O) groups is 6. The fraction of sp³-hybridized carbons (Fsp3) is 0.625. The Kier molecular flexibility index (Phi) is 11.8. The number of halogens is 5. The Bertz CT molecular complexity index is 805. The van der Waals surface area contributed by atoms with E-state index in [0.29, 0.717) is 0 Å². The Labute approximate surface area is 205 Å². The van der Waals surface area contributed by atoms with Gasteiger partial charge in [0.2, 0.25) is 22.8 Å². The lowest BCUT2D eigenvalue weighted by atomic mass is 9.60. The third kappa shape index (κ3) is 4.88. The van der Waals surface area contributed by atoms with Gasteiger partial charge in [0.05, 0.1) is 29.4 Å². The second-order valence-electron chi connectivity index (χ2n) is 6.23. The van der Waals surface area contributed by atoms with E-state index in [2.05, 4.69) is 0 Å². The number of rotatable bonds is 15. The molecular weight excluding hydrogens is 545 g/mol. The standard InChI is InChI=1S/C16H17Cl5O11/c17-1-6(22)11(27)13(29)15(31,9(25)4-20)16(32,10(26)5-21)14(30,8(24)3-19)12(28)7(23)2-18/h11,13,27,29-32H,1-5H2/t11?,13-,14+,15-,16-/m1/s1. The normalized spacial score (nSPS) is 18.9. The highest BCUT2D eigenvalue weighted by Gasteiger charge is 2.77. The van der Waals surface area contributed by atoms with Crippen molar-refractivity contribution in [3.63, 3.8) is 0 Å². The zero-order chi connectivity index (χ0) is 25.7. The zero-order valence-corrected chi connectivity index (χ0v) is 19.5. The Morgan fingerprint density at radius 1 is 0.656 bits per heavy atom. The summed E-state index contributed by atoms with van der Waals surface area (Å²) in [6.45, 7) is 0. The summed E-state index contributed by atoms with van der Waals surface area (Å²) in [4.78, 5) is 73.9. The molecule has 0 rings (SSSR count). The SMILES string of the molecule is O=C(CCl)C(=O)[C@@](O)(C(=O)CCl)[C@](O)(C(=O)CCl)[C@@](O)(C(=O)CCl)[C@H](O)C(O)C(=O)CCl. The average Bonchev–Trinajstić information content (AvgIpc) is 2.82. The molecule has 1 unspecified atom stereocenters. The van der Waals surface area contributed by atoms with Crippen LogP contribution in [0.1, 0.15) is 0 Å². The van der Waals surface area contributed by atoms with Gasteiger partial charge in [-0.15, -0.1) is 58.0 Å². The minimum absolute atomic E-state index is 1.03. The third-order valence-corrected chi connectivity index (χ3v) is 5.80. The van der Waals surface area contributed by atoms with Gasteiger partial charge < -0.3 is 25.5 Å². The van der Waals surface area contributed by atoms with Crippen molar-refractivity contribution in [3.8, 4) is 0 Å². The van der Waals surface area contributed by atoms with E-state index < -0.39 is 93.1 Å². The number of aliphatic hydroxyl groups is 5. The van der Waals surface area contributed by atoms with Crippen molar-refractivity contribution in [2.24, 2.45) is 0 Å². The first-order valence-electron chi connectivity index (χ1n) is 8.18. The van der Waals surface area contributed by atoms with Crippen molar-refractivity contribution in [2.45, 2.75) is 29.0 Å². The predicted molar refractivity (Wildman–Crippen MR) is 111 cm³/mol. The van der Waals surface area contributed by atoms with E-state index in [1.165, 1.54) is 0 Å². The molecular formula is C16H17Cl5O11. The largest absolute Gasteiger partial charge is 0.386 e. The molecule has 0 aromatic carbocycles. The van der Waals surface area contributed by atoms with E-state index in [0.717, 1.165) is 0 Å². The van der Waals surface area contributed by atoms with Crippen LogP contribution in [-0.4, -0.2) is 119 Å². The molecule has 0 aliphatic heterocycles. The molecule has 0 aromatic heterocycles. The van der Waals surface area contributed by atoms with Crippen LogP contribution in [-0.2, 0) is 28.8 Å². The second-order valence-corrected chi connectivity index (χ2v) is 7.57. The van der Waals surface area contributed by atoms with Crippen LogP contribution >= 0.6 is 58.0 Å². The molecule has 0 radical (unpaired) electrons. The van der Waals surface area contributed by atoms with Gasteiger partial charge in [0, 0.05) is 0 Å². The van der Waals surface area contributed by atoms with Crippen LogP contribution in [0, 0.1) is 0 Å². The highest BCUT2D eigenvalue weighted by atomic mass is 35.5. The molecule has 5 atom stereocenters. The van der Waals surface area contributed by atoms with Gasteiger partial charge in [0.1, 0.15) is 12.2 Å². The van der Waals surface area contributed by atoms with Gasteiger partial charge in [0.25, 0.3) is 0 Å². The minimum Gasteiger partial charge on any atom is -0.386 e. The topological polar surface area (TPSA) is 204 Å². The minimum atomic E-state index is -4.51. The summed E-state index contributed by atoms with van der Waals surface area (Å²) in [6.07, 6.45) is -6.08. The fourth-order valence-electron chi connectivity index (χ4n) is 2.80. The van der Waals surface area contributed by atoms with Crippen molar-refractivity contribution in [3.05, 3.63) is 0 Å². The summed E-state index contributed by atoms with van der Waals surface area (Å²) in [5, 5.41) is 53.6. The number of Topliss-reactive ketones (excluding diaryl/α,β-unsaturated/α-hetero) is 6. The number of aliphatic hydroxyl groups excluding tert-OH is 2. The molecule has 0 heterocycles. The van der Waals surface area contributed by atoms with Gasteiger partial charge in [-0.05, 0) is 0 Å². The van der Waals surface area contributed by atoms with Crippen molar-refractivity contribution >= 4 is 92.7 Å². The molecule has 0 aliphatic rings. The van der Waals surface area contributed by atoms with Gasteiger partial charge >= 0.3 is 0 Å². The van der Waals surface area contributed by atoms with Crippen molar-refractivity contribution < 1.29 is 54.3 Å². The summed E-state index contributed by atoms with van der Waals surface area (Å²) in [5.74, 6) is -18.2. The van der Waals surface area contributed by atoms with E-state index in [-0.39, 0.29) is 0 Å². The predicted octanol–water partition coefficient (Wildman–Crippen LogP) is -2.49. The highest BCUT2D eigenvalue weighted by molar-refractivity contribution is 6.54. The first-order chi connectivity index (χ1) is 14.6. The maximum Gasteiger partial charge on any atom is 0.242 e. The molecule has 11 nitrogen and oxygen atoms in total. The third-order valence-electron chi connectivity index (χ3n) is 4.56. The molecule has 0 bridgehead atoms. The molecule has 16 heteroatoms. The second kappa shape index (κ2) is 12.1. The Hall–Kier alpha value is -0.730. The monoisotopic (exact) mass is 560 g/mol. The molecule has 5 N–H and O–H groups in total. The molecule has 0 spiro atoms. The van der Waals surface area contributed by atoms with Crippen LogP contribution in [0.25, 0.3) is 0 Å². The molecule has 32 heavy (non-hydrogen) atoms. The van der Waals surface area contributed by atoms with Gasteiger partial charge in [-0.1, -0.05) is 0 Å². The molecule has 0 aliphatic carbocycles. The zero-order valence-electron chi connectivity index (χ0n) is 15.8. The first kappa shape index (κ1) is 31.3. The van der Waals surface area contributed by atoms with Gasteiger partial charge in [-0.25, -0.2) is 0 Å². The van der Waals surface area contributed by atoms with Crippen LogP contribution in [0.4, 0.5) is 0 Å². The molecule has 0 saturated heterocycles. The van der Waals surface area contributed by atoms with Gasteiger partial charge in [-0.2, -0.15) is 0 Å². The summed E-state index contributed by atoms with van der Waals surface area (Å²) in [6, 6.07) is 0. The van der Waals surface area contributed by atoms with E-state index in [9.17, 15) is 54.3 Å². The summed E-state index contributed by atoms with van der Waals surface area (Å²) in [7, 11) is 0. The molecule has 0 amide bonds. The lowest BCUT2D eigenvalue weighted by Gasteiger charge is -2.49. The highest BCUT2D eigenvalue weighted by Crippen LogP contribution is 2.41. The lowest BCUT2D eigenvalue weighted by Crippen LogP contribution is -2.84. The van der Waals surface area contributed by atoms with E-state index in [1.54, 1.807) is 0 Å². The van der Waals surface area contributed by atoms with Gasteiger partial charge in [-0.3, -0.25) is 28.8 Å². The summed E-state index contributed by atoms with van der Waals surface area (Å²) in [5.41, 5.74) is -13.2. The molecule has 0 aromatic rings. The number of alkyl halides is 5. The molecule has 182 valence electrons. The maximum absolute atomic E-state index is 12.7. The Morgan fingerprint density at radius 2 is 1.09 bits per heavy atom. The Morgan fingerprint density at radius 3 is 1.44 bits per heavy atom. The quantitative estimate of drug-likeness (QED) is 0.0802. The fourth-order valence-corrected chi connectivity index (χ4v) is 3.67. The van der Waals surface area contributed by atoms with Crippen molar-refractivity contribution in [1.29, 1.82) is 0 Å². The molecule has 0 fully saturated rings. The van der Waals surface area contributed by atoms with E-state index in [1.807, 2.05) is 0 Å². The number of hydrogen-bond acceptors (Lipinski definition) is 11. The maximum atomic E-state index is 12.7. The average molecular weight is 563 g/mol. The number of ketones is 6. The number of carbonyl (C=O) groups excluding carboxylic acids is 6. The van der Waals surface area contributed by atoms with Crippen LogP contribution in [0.2, 0.25) is 0 Å². The van der Waals surface area contributed by atoms with Gasteiger partial charge in [0.15, 0.2) is 28.7 Å². The van der Waals surface area contributed by atoms with Crippen molar-refractivity contribution in [1.82, 2.24) is 0 Å². The van der Waals surface area contributed by atoms with Crippen LogP contribution < -0.4 is 0 Å². The number of hydrogen-bond donors (Lipinski definition) is 5. The smallest absolute Gasteiger partial charge is 0.242 e.